The number of hydrogen-bond acceptors (Lipinski definition) is 5. The molecule has 6 heteroatoms. The number of amides is 1. The summed E-state index contributed by atoms with van der Waals surface area (Å²) in [6, 6.07) is 17.1. The van der Waals surface area contributed by atoms with Crippen LogP contribution in [0.4, 0.5) is 0 Å². The molecule has 0 aliphatic carbocycles. The minimum absolute atomic E-state index is 0.0715. The highest BCUT2D eigenvalue weighted by atomic mass is 16.5. The molecule has 0 aliphatic heterocycles. The van der Waals surface area contributed by atoms with Gasteiger partial charge < -0.3 is 14.5 Å². The SMILES string of the molecule is CC[C@H](NC(=O)COC(=O)c1nc(-c2ccccc2)oc1C)c1ccc(C)cc1. The van der Waals surface area contributed by atoms with E-state index in [0.717, 1.165) is 23.1 Å². The Labute approximate surface area is 169 Å². The summed E-state index contributed by atoms with van der Waals surface area (Å²) in [6.45, 7) is 5.26. The number of carbonyl (C=O) groups excluding carboxylic acids is 2. The monoisotopic (exact) mass is 392 g/mol. The zero-order valence-corrected chi connectivity index (χ0v) is 16.8. The minimum Gasteiger partial charge on any atom is -0.451 e. The molecule has 150 valence electrons. The Hall–Kier alpha value is -3.41. The van der Waals surface area contributed by atoms with Gasteiger partial charge in [-0.05, 0) is 38.0 Å². The Morgan fingerprint density at radius 3 is 2.41 bits per heavy atom. The van der Waals surface area contributed by atoms with Crippen LogP contribution < -0.4 is 5.32 Å². The summed E-state index contributed by atoms with van der Waals surface area (Å²) in [5, 5.41) is 2.89. The molecule has 2 aromatic carbocycles. The molecule has 0 fully saturated rings. The van der Waals surface area contributed by atoms with Crippen LogP contribution in [0.15, 0.2) is 59.0 Å². The summed E-state index contributed by atoms with van der Waals surface area (Å²) in [5.74, 6) is -0.368. The van der Waals surface area contributed by atoms with E-state index in [0.29, 0.717) is 11.7 Å². The van der Waals surface area contributed by atoms with Crippen molar-refractivity contribution in [2.75, 3.05) is 6.61 Å². The maximum Gasteiger partial charge on any atom is 0.361 e. The summed E-state index contributed by atoms with van der Waals surface area (Å²) in [5.41, 5.74) is 3.00. The van der Waals surface area contributed by atoms with Gasteiger partial charge in [0.15, 0.2) is 12.3 Å². The van der Waals surface area contributed by atoms with E-state index < -0.39 is 5.97 Å². The Kier molecular flexibility index (Phi) is 6.44. The molecular weight excluding hydrogens is 368 g/mol. The van der Waals surface area contributed by atoms with Gasteiger partial charge in [-0.2, -0.15) is 0 Å². The summed E-state index contributed by atoms with van der Waals surface area (Å²) in [7, 11) is 0. The largest absolute Gasteiger partial charge is 0.451 e. The van der Waals surface area contributed by atoms with Crippen LogP contribution in [0.3, 0.4) is 0 Å². The van der Waals surface area contributed by atoms with Gasteiger partial charge in [0, 0.05) is 5.56 Å². The number of carbonyl (C=O) groups is 2. The summed E-state index contributed by atoms with van der Waals surface area (Å²) < 4.78 is 10.7. The van der Waals surface area contributed by atoms with E-state index >= 15 is 0 Å². The molecule has 3 rings (SSSR count). The molecule has 0 radical (unpaired) electrons. The first-order valence-corrected chi connectivity index (χ1v) is 9.53. The standard InChI is InChI=1S/C23H24N2O4/c1-4-19(17-12-10-15(2)11-13-17)24-20(26)14-28-23(27)21-16(3)29-22(25-21)18-8-6-5-7-9-18/h5-13,19H,4,14H2,1-3H3,(H,24,26)/t19-/m0/s1. The lowest BCUT2D eigenvalue weighted by Gasteiger charge is -2.17. The first kappa shape index (κ1) is 20.3. The van der Waals surface area contributed by atoms with Crippen molar-refractivity contribution in [2.24, 2.45) is 0 Å². The van der Waals surface area contributed by atoms with E-state index in [-0.39, 0.29) is 24.2 Å². The molecule has 0 saturated heterocycles. The van der Waals surface area contributed by atoms with Crippen molar-refractivity contribution < 1.29 is 18.7 Å². The van der Waals surface area contributed by atoms with Crippen molar-refractivity contribution in [3.63, 3.8) is 0 Å². The molecular formula is C23H24N2O4. The van der Waals surface area contributed by atoms with E-state index in [1.165, 1.54) is 0 Å². The second kappa shape index (κ2) is 9.19. The van der Waals surface area contributed by atoms with Gasteiger partial charge in [0.1, 0.15) is 5.76 Å². The van der Waals surface area contributed by atoms with E-state index in [4.69, 9.17) is 9.15 Å². The molecule has 29 heavy (non-hydrogen) atoms. The lowest BCUT2D eigenvalue weighted by Crippen LogP contribution is -2.32. The fourth-order valence-corrected chi connectivity index (χ4v) is 2.95. The Morgan fingerprint density at radius 2 is 1.76 bits per heavy atom. The van der Waals surface area contributed by atoms with Crippen molar-refractivity contribution in [3.05, 3.63) is 77.2 Å². The van der Waals surface area contributed by atoms with Gasteiger partial charge in [0.2, 0.25) is 5.89 Å². The fourth-order valence-electron chi connectivity index (χ4n) is 2.95. The van der Waals surface area contributed by atoms with Gasteiger partial charge >= 0.3 is 5.97 Å². The number of aryl methyl sites for hydroxylation is 2. The van der Waals surface area contributed by atoms with Gasteiger partial charge in [-0.3, -0.25) is 4.79 Å². The average Bonchev–Trinajstić information content (AvgIpc) is 3.13. The first-order valence-electron chi connectivity index (χ1n) is 9.53. The quantitative estimate of drug-likeness (QED) is 0.603. The number of oxazole rings is 1. The normalized spacial score (nSPS) is 11.7. The predicted molar refractivity (Wildman–Crippen MR) is 109 cm³/mol. The Bertz CT molecular complexity index is 978. The molecule has 1 amide bonds. The van der Waals surface area contributed by atoms with Crippen LogP contribution in [0, 0.1) is 13.8 Å². The number of ether oxygens (including phenoxy) is 1. The van der Waals surface area contributed by atoms with E-state index in [2.05, 4.69) is 10.3 Å². The molecule has 1 aromatic heterocycles. The molecule has 1 N–H and O–H groups in total. The van der Waals surface area contributed by atoms with E-state index in [1.807, 2.05) is 68.4 Å². The van der Waals surface area contributed by atoms with E-state index in [9.17, 15) is 9.59 Å². The number of rotatable bonds is 7. The minimum atomic E-state index is -0.688. The molecule has 0 spiro atoms. The van der Waals surface area contributed by atoms with Gasteiger partial charge in [-0.15, -0.1) is 0 Å². The highest BCUT2D eigenvalue weighted by Gasteiger charge is 2.21. The molecule has 6 nitrogen and oxygen atoms in total. The van der Waals surface area contributed by atoms with Crippen LogP contribution in [0.1, 0.15) is 46.8 Å². The van der Waals surface area contributed by atoms with Crippen molar-refractivity contribution >= 4 is 11.9 Å². The number of aromatic nitrogens is 1. The van der Waals surface area contributed by atoms with E-state index in [1.54, 1.807) is 6.92 Å². The molecule has 0 aliphatic rings. The number of nitrogens with one attached hydrogen (secondary N) is 1. The molecule has 0 unspecified atom stereocenters. The van der Waals surface area contributed by atoms with Crippen LogP contribution in [0.5, 0.6) is 0 Å². The van der Waals surface area contributed by atoms with Gasteiger partial charge in [0.25, 0.3) is 5.91 Å². The van der Waals surface area contributed by atoms with Gasteiger partial charge in [-0.1, -0.05) is 55.0 Å². The average molecular weight is 392 g/mol. The van der Waals surface area contributed by atoms with Crippen molar-refractivity contribution in [3.8, 4) is 11.5 Å². The molecule has 0 saturated carbocycles. The van der Waals surface area contributed by atoms with Gasteiger partial charge in [0.05, 0.1) is 6.04 Å². The maximum atomic E-state index is 12.4. The fraction of sp³-hybridized carbons (Fsp3) is 0.261. The highest BCUT2D eigenvalue weighted by Crippen LogP contribution is 2.22. The Balaban J connectivity index is 1.59. The first-order chi connectivity index (χ1) is 14.0. The molecule has 1 atom stereocenters. The zero-order chi connectivity index (χ0) is 20.8. The third-order valence-electron chi connectivity index (χ3n) is 4.57. The number of benzene rings is 2. The number of hydrogen-bond donors (Lipinski definition) is 1. The Morgan fingerprint density at radius 1 is 1.07 bits per heavy atom. The lowest BCUT2D eigenvalue weighted by atomic mass is 10.0. The zero-order valence-electron chi connectivity index (χ0n) is 16.8. The second-order valence-electron chi connectivity index (χ2n) is 6.81. The maximum absolute atomic E-state index is 12.4. The van der Waals surface area contributed by atoms with Crippen molar-refractivity contribution in [1.29, 1.82) is 0 Å². The van der Waals surface area contributed by atoms with Crippen LogP contribution in [0.2, 0.25) is 0 Å². The van der Waals surface area contributed by atoms with Crippen LogP contribution >= 0.6 is 0 Å². The summed E-state index contributed by atoms with van der Waals surface area (Å²) >= 11 is 0. The lowest BCUT2D eigenvalue weighted by molar-refractivity contribution is -0.125. The smallest absolute Gasteiger partial charge is 0.361 e. The highest BCUT2D eigenvalue weighted by molar-refractivity contribution is 5.91. The molecule has 3 aromatic rings. The summed E-state index contributed by atoms with van der Waals surface area (Å²) in [6.07, 6.45) is 0.728. The number of nitrogens with zero attached hydrogens (tertiary/aromatic N) is 1. The summed E-state index contributed by atoms with van der Waals surface area (Å²) in [4.78, 5) is 28.8. The topological polar surface area (TPSA) is 81.4 Å². The number of esters is 1. The molecule has 1 heterocycles. The van der Waals surface area contributed by atoms with Crippen LogP contribution in [-0.2, 0) is 9.53 Å². The van der Waals surface area contributed by atoms with Crippen LogP contribution in [-0.4, -0.2) is 23.5 Å². The van der Waals surface area contributed by atoms with Crippen molar-refractivity contribution in [2.45, 2.75) is 33.2 Å². The van der Waals surface area contributed by atoms with Crippen LogP contribution in [0.25, 0.3) is 11.5 Å². The third kappa shape index (κ3) is 5.10. The third-order valence-corrected chi connectivity index (χ3v) is 4.57. The van der Waals surface area contributed by atoms with Gasteiger partial charge in [-0.25, -0.2) is 9.78 Å². The second-order valence-corrected chi connectivity index (χ2v) is 6.81. The molecule has 0 bridgehead atoms. The van der Waals surface area contributed by atoms with Crippen molar-refractivity contribution in [1.82, 2.24) is 10.3 Å². The predicted octanol–water partition coefficient (Wildman–Crippen LogP) is 4.38.